The molecule has 8 nitrogen and oxygen atoms in total. The zero-order valence-electron chi connectivity index (χ0n) is 14.8. The number of hydrogen-bond acceptors (Lipinski definition) is 6. The number of aromatic amines is 1. The van der Waals surface area contributed by atoms with Gasteiger partial charge < -0.3 is 9.64 Å². The van der Waals surface area contributed by atoms with E-state index in [-0.39, 0.29) is 5.91 Å². The van der Waals surface area contributed by atoms with Crippen molar-refractivity contribution in [2.24, 2.45) is 5.92 Å². The fourth-order valence-corrected chi connectivity index (χ4v) is 3.16. The molecule has 1 aromatic carbocycles. The Bertz CT molecular complexity index is 876. The van der Waals surface area contributed by atoms with Crippen LogP contribution in [-0.2, 0) is 0 Å². The van der Waals surface area contributed by atoms with Crippen LogP contribution in [-0.4, -0.2) is 55.9 Å². The maximum Gasteiger partial charge on any atom is 0.276 e. The number of hydrogen-bond donors (Lipinski definition) is 1. The number of amides is 1. The maximum absolute atomic E-state index is 12.3. The summed E-state index contributed by atoms with van der Waals surface area (Å²) in [5.74, 6) is 0.887. The lowest BCUT2D eigenvalue weighted by Gasteiger charge is -2.31. The van der Waals surface area contributed by atoms with Crippen LogP contribution in [0, 0.1) is 5.92 Å². The second kappa shape index (κ2) is 7.94. The van der Waals surface area contributed by atoms with Gasteiger partial charge in [0.1, 0.15) is 6.33 Å². The Kier molecular flexibility index (Phi) is 5.04. The SMILES string of the molecule is O=C(c1cn[nH]n1)N1CCC(COc2cc(-c3ccccc3)ncn2)CC1. The molecule has 1 fully saturated rings. The molecular weight excluding hydrogens is 344 g/mol. The number of nitrogens with zero attached hydrogens (tertiary/aromatic N) is 5. The first-order valence-corrected chi connectivity index (χ1v) is 8.95. The van der Waals surface area contributed by atoms with E-state index in [0.29, 0.717) is 37.2 Å². The molecule has 3 aromatic rings. The normalized spacial score (nSPS) is 14.9. The summed E-state index contributed by atoms with van der Waals surface area (Å²) >= 11 is 0. The fraction of sp³-hybridized carbons (Fsp3) is 0.316. The van der Waals surface area contributed by atoms with Crippen LogP contribution in [0.1, 0.15) is 23.3 Å². The van der Waals surface area contributed by atoms with Crippen LogP contribution in [0.3, 0.4) is 0 Å². The number of carbonyl (C=O) groups is 1. The summed E-state index contributed by atoms with van der Waals surface area (Å²) in [7, 11) is 0. The molecule has 138 valence electrons. The van der Waals surface area contributed by atoms with Crippen molar-refractivity contribution in [2.75, 3.05) is 19.7 Å². The van der Waals surface area contributed by atoms with E-state index < -0.39 is 0 Å². The van der Waals surface area contributed by atoms with Crippen molar-refractivity contribution >= 4 is 5.91 Å². The standard InChI is InChI=1S/C19H20N6O2/c26-19(17-11-22-24-23-17)25-8-6-14(7-9-25)12-27-18-10-16(20-13-21-18)15-4-2-1-3-5-15/h1-5,10-11,13-14H,6-9,12H2,(H,22,23,24). The highest BCUT2D eigenvalue weighted by Gasteiger charge is 2.25. The molecule has 8 heteroatoms. The monoisotopic (exact) mass is 364 g/mol. The summed E-state index contributed by atoms with van der Waals surface area (Å²) in [6, 6.07) is 11.8. The van der Waals surface area contributed by atoms with Crippen LogP contribution in [0.25, 0.3) is 11.3 Å². The molecule has 0 radical (unpaired) electrons. The molecule has 1 aliphatic rings. The van der Waals surface area contributed by atoms with Gasteiger partial charge in [0.05, 0.1) is 18.5 Å². The van der Waals surface area contributed by atoms with Crippen LogP contribution in [0.5, 0.6) is 5.88 Å². The Labute approximate surface area is 156 Å². The quantitative estimate of drug-likeness (QED) is 0.745. The largest absolute Gasteiger partial charge is 0.477 e. The molecule has 2 aromatic heterocycles. The molecule has 0 unspecified atom stereocenters. The second-order valence-electron chi connectivity index (χ2n) is 6.51. The number of ether oxygens (including phenoxy) is 1. The molecular formula is C19H20N6O2. The molecule has 0 spiro atoms. The molecule has 0 bridgehead atoms. The average Bonchev–Trinajstić information content (AvgIpc) is 3.28. The first-order chi connectivity index (χ1) is 13.3. The third kappa shape index (κ3) is 4.11. The zero-order valence-corrected chi connectivity index (χ0v) is 14.8. The molecule has 27 heavy (non-hydrogen) atoms. The first kappa shape index (κ1) is 17.1. The maximum atomic E-state index is 12.3. The Balaban J connectivity index is 1.30. The highest BCUT2D eigenvalue weighted by Crippen LogP contribution is 2.22. The van der Waals surface area contributed by atoms with E-state index in [2.05, 4.69) is 25.4 Å². The summed E-state index contributed by atoms with van der Waals surface area (Å²) in [6.45, 7) is 1.97. The van der Waals surface area contributed by atoms with Crippen LogP contribution in [0.15, 0.2) is 48.9 Å². The molecule has 0 aliphatic carbocycles. The van der Waals surface area contributed by atoms with Gasteiger partial charge in [-0.05, 0) is 18.8 Å². The van der Waals surface area contributed by atoms with Gasteiger partial charge in [-0.3, -0.25) is 4.79 Å². The van der Waals surface area contributed by atoms with E-state index in [9.17, 15) is 4.79 Å². The van der Waals surface area contributed by atoms with Crippen molar-refractivity contribution in [3.05, 3.63) is 54.6 Å². The minimum Gasteiger partial charge on any atom is -0.477 e. The van der Waals surface area contributed by atoms with Crippen molar-refractivity contribution < 1.29 is 9.53 Å². The lowest BCUT2D eigenvalue weighted by Crippen LogP contribution is -2.39. The summed E-state index contributed by atoms with van der Waals surface area (Å²) in [5.41, 5.74) is 2.23. The Morgan fingerprint density at radius 2 is 2.00 bits per heavy atom. The van der Waals surface area contributed by atoms with Gasteiger partial charge in [0.25, 0.3) is 5.91 Å². The number of rotatable bonds is 5. The van der Waals surface area contributed by atoms with E-state index in [0.717, 1.165) is 24.1 Å². The van der Waals surface area contributed by atoms with E-state index in [1.54, 1.807) is 0 Å². The third-order valence-electron chi connectivity index (χ3n) is 4.71. The zero-order chi connectivity index (χ0) is 18.5. The van der Waals surface area contributed by atoms with E-state index in [1.807, 2.05) is 41.3 Å². The van der Waals surface area contributed by atoms with Crippen LogP contribution in [0.4, 0.5) is 0 Å². The molecule has 3 heterocycles. The highest BCUT2D eigenvalue weighted by molar-refractivity contribution is 5.91. The van der Waals surface area contributed by atoms with Gasteiger partial charge in [-0.25, -0.2) is 9.97 Å². The van der Waals surface area contributed by atoms with Gasteiger partial charge in [0.2, 0.25) is 5.88 Å². The fourth-order valence-electron chi connectivity index (χ4n) is 3.16. The van der Waals surface area contributed by atoms with Crippen LogP contribution < -0.4 is 4.74 Å². The van der Waals surface area contributed by atoms with Gasteiger partial charge in [-0.2, -0.15) is 15.4 Å². The van der Waals surface area contributed by atoms with Gasteiger partial charge in [-0.15, -0.1) is 0 Å². The topological polar surface area (TPSA) is 96.9 Å². The van der Waals surface area contributed by atoms with Crippen molar-refractivity contribution in [1.82, 2.24) is 30.3 Å². The van der Waals surface area contributed by atoms with E-state index in [4.69, 9.17) is 4.74 Å². The number of H-pyrrole nitrogens is 1. The van der Waals surface area contributed by atoms with Gasteiger partial charge in [0, 0.05) is 24.7 Å². The van der Waals surface area contributed by atoms with Crippen LogP contribution in [0.2, 0.25) is 0 Å². The molecule has 1 aliphatic heterocycles. The second-order valence-corrected chi connectivity index (χ2v) is 6.51. The first-order valence-electron chi connectivity index (χ1n) is 8.95. The lowest BCUT2D eigenvalue weighted by atomic mass is 9.97. The number of nitrogens with one attached hydrogen (secondary N) is 1. The van der Waals surface area contributed by atoms with Crippen LogP contribution >= 0.6 is 0 Å². The summed E-state index contributed by atoms with van der Waals surface area (Å²) in [4.78, 5) is 22.6. The van der Waals surface area contributed by atoms with E-state index in [1.165, 1.54) is 12.5 Å². The van der Waals surface area contributed by atoms with Crippen molar-refractivity contribution in [3.63, 3.8) is 0 Å². The van der Waals surface area contributed by atoms with Crippen molar-refractivity contribution in [2.45, 2.75) is 12.8 Å². The predicted molar refractivity (Wildman–Crippen MR) is 98.0 cm³/mol. The molecule has 4 rings (SSSR count). The summed E-state index contributed by atoms with van der Waals surface area (Å²) in [6.07, 6.45) is 4.76. The number of benzene rings is 1. The van der Waals surface area contributed by atoms with Gasteiger partial charge in [0.15, 0.2) is 5.69 Å². The molecule has 0 saturated carbocycles. The third-order valence-corrected chi connectivity index (χ3v) is 4.71. The number of likely N-dealkylation sites (tertiary alicyclic amines) is 1. The number of carbonyl (C=O) groups excluding carboxylic acids is 1. The minimum atomic E-state index is -0.0774. The Morgan fingerprint density at radius 1 is 1.19 bits per heavy atom. The Hall–Kier alpha value is -3.29. The molecule has 1 N–H and O–H groups in total. The molecule has 0 atom stereocenters. The Morgan fingerprint density at radius 3 is 2.74 bits per heavy atom. The molecule has 1 amide bonds. The summed E-state index contributed by atoms with van der Waals surface area (Å²) < 4.78 is 5.89. The number of aromatic nitrogens is 5. The van der Waals surface area contributed by atoms with Gasteiger partial charge in [-0.1, -0.05) is 30.3 Å². The van der Waals surface area contributed by atoms with Crippen molar-refractivity contribution in [3.8, 4) is 17.1 Å². The van der Waals surface area contributed by atoms with E-state index >= 15 is 0 Å². The minimum absolute atomic E-state index is 0.0774. The highest BCUT2D eigenvalue weighted by atomic mass is 16.5. The smallest absolute Gasteiger partial charge is 0.276 e. The molecule has 1 saturated heterocycles. The lowest BCUT2D eigenvalue weighted by molar-refractivity contribution is 0.0653. The average molecular weight is 364 g/mol. The summed E-state index contributed by atoms with van der Waals surface area (Å²) in [5, 5.41) is 10.0. The predicted octanol–water partition coefficient (Wildman–Crippen LogP) is 2.19. The van der Waals surface area contributed by atoms with Crippen molar-refractivity contribution in [1.29, 1.82) is 0 Å². The van der Waals surface area contributed by atoms with Gasteiger partial charge >= 0.3 is 0 Å². The number of piperidine rings is 1.